The Morgan fingerprint density at radius 2 is 2.00 bits per heavy atom. The van der Waals surface area contributed by atoms with Crippen molar-refractivity contribution in [2.75, 3.05) is 7.11 Å². The Bertz CT molecular complexity index is 476. The summed E-state index contributed by atoms with van der Waals surface area (Å²) in [6.45, 7) is 3.88. The number of hydrogen-bond donors (Lipinski definition) is 0. The van der Waals surface area contributed by atoms with Crippen LogP contribution in [0.3, 0.4) is 0 Å². The molecule has 0 saturated heterocycles. The number of aryl methyl sites for hydroxylation is 2. The molecule has 4 nitrogen and oxygen atoms in total. The second-order valence-corrected chi connectivity index (χ2v) is 3.40. The summed E-state index contributed by atoms with van der Waals surface area (Å²) in [5.74, 6) is 0.618. The van der Waals surface area contributed by atoms with E-state index in [0.29, 0.717) is 5.88 Å². The van der Waals surface area contributed by atoms with E-state index in [1.807, 2.05) is 36.7 Å². The Labute approximate surface area is 88.6 Å². The van der Waals surface area contributed by atoms with Gasteiger partial charge < -0.3 is 9.30 Å². The van der Waals surface area contributed by atoms with Gasteiger partial charge in [-0.25, -0.2) is 9.97 Å². The summed E-state index contributed by atoms with van der Waals surface area (Å²) in [6, 6.07) is 3.93. The van der Waals surface area contributed by atoms with Crippen LogP contribution < -0.4 is 4.74 Å². The molecule has 0 aliphatic heterocycles. The van der Waals surface area contributed by atoms with Gasteiger partial charge in [-0.15, -0.1) is 0 Å². The Kier molecular flexibility index (Phi) is 2.41. The predicted molar refractivity (Wildman–Crippen MR) is 57.4 cm³/mol. The molecule has 0 aromatic carbocycles. The Balaban J connectivity index is 2.52. The fourth-order valence-corrected chi connectivity index (χ4v) is 1.43. The second-order valence-electron chi connectivity index (χ2n) is 3.40. The summed E-state index contributed by atoms with van der Waals surface area (Å²) in [5, 5.41) is 0. The number of ether oxygens (including phenoxy) is 1. The molecule has 2 aromatic heterocycles. The van der Waals surface area contributed by atoms with E-state index in [2.05, 4.69) is 9.97 Å². The first-order chi connectivity index (χ1) is 7.20. The van der Waals surface area contributed by atoms with Gasteiger partial charge in [0.1, 0.15) is 5.69 Å². The third kappa shape index (κ3) is 1.83. The molecule has 0 spiro atoms. The van der Waals surface area contributed by atoms with Gasteiger partial charge >= 0.3 is 0 Å². The van der Waals surface area contributed by atoms with Gasteiger partial charge in [0, 0.05) is 11.9 Å². The molecule has 0 aliphatic rings. The summed E-state index contributed by atoms with van der Waals surface area (Å²) in [4.78, 5) is 8.48. The number of methoxy groups -OCH3 is 1. The van der Waals surface area contributed by atoms with Crippen molar-refractivity contribution in [2.45, 2.75) is 13.8 Å². The quantitative estimate of drug-likeness (QED) is 0.748. The van der Waals surface area contributed by atoms with Crippen molar-refractivity contribution in [3.63, 3.8) is 0 Å². The van der Waals surface area contributed by atoms with Gasteiger partial charge in [-0.1, -0.05) is 0 Å². The molecule has 0 unspecified atom stereocenters. The zero-order valence-electron chi connectivity index (χ0n) is 9.06. The van der Waals surface area contributed by atoms with E-state index in [1.54, 1.807) is 13.4 Å². The maximum absolute atomic E-state index is 5.23. The van der Waals surface area contributed by atoms with Crippen LogP contribution in [-0.4, -0.2) is 21.6 Å². The topological polar surface area (TPSA) is 39.9 Å². The first-order valence-corrected chi connectivity index (χ1v) is 4.73. The predicted octanol–water partition coefficient (Wildman–Crippen LogP) is 1.89. The summed E-state index contributed by atoms with van der Waals surface area (Å²) < 4.78 is 7.13. The van der Waals surface area contributed by atoms with Crippen LogP contribution in [-0.2, 0) is 0 Å². The maximum Gasteiger partial charge on any atom is 0.238 e. The molecular weight excluding hydrogens is 190 g/mol. The van der Waals surface area contributed by atoms with Crippen LogP contribution in [0, 0.1) is 13.8 Å². The van der Waals surface area contributed by atoms with Gasteiger partial charge in [-0.2, -0.15) is 0 Å². The molecule has 2 aromatic rings. The fourth-order valence-electron chi connectivity index (χ4n) is 1.43. The van der Waals surface area contributed by atoms with E-state index in [-0.39, 0.29) is 0 Å². The molecule has 0 fully saturated rings. The standard InChI is InChI=1S/C11H13N3O/c1-8-4-5-10(11(13-8)15-3)14-6-9(2)12-7-14/h4-7H,1-3H3. The van der Waals surface area contributed by atoms with Crippen molar-refractivity contribution in [3.8, 4) is 11.6 Å². The minimum atomic E-state index is 0.618. The lowest BCUT2D eigenvalue weighted by molar-refractivity contribution is 0.395. The van der Waals surface area contributed by atoms with Crippen LogP contribution in [0.15, 0.2) is 24.7 Å². The minimum Gasteiger partial charge on any atom is -0.479 e. The molecular formula is C11H13N3O. The molecule has 78 valence electrons. The summed E-state index contributed by atoms with van der Waals surface area (Å²) >= 11 is 0. The fraction of sp³-hybridized carbons (Fsp3) is 0.273. The molecule has 0 atom stereocenters. The lowest BCUT2D eigenvalue weighted by Gasteiger charge is -2.08. The van der Waals surface area contributed by atoms with Crippen LogP contribution in [0.4, 0.5) is 0 Å². The molecule has 0 amide bonds. The first kappa shape index (κ1) is 9.71. The normalized spacial score (nSPS) is 10.3. The molecule has 4 heteroatoms. The average molecular weight is 203 g/mol. The van der Waals surface area contributed by atoms with E-state index in [1.165, 1.54) is 0 Å². The van der Waals surface area contributed by atoms with Crippen molar-refractivity contribution in [1.82, 2.24) is 14.5 Å². The summed E-state index contributed by atoms with van der Waals surface area (Å²) in [6.07, 6.45) is 3.69. The van der Waals surface area contributed by atoms with Gasteiger partial charge in [-0.3, -0.25) is 0 Å². The highest BCUT2D eigenvalue weighted by molar-refractivity contribution is 5.42. The Morgan fingerprint density at radius 1 is 1.20 bits per heavy atom. The summed E-state index contributed by atoms with van der Waals surface area (Å²) in [5.41, 5.74) is 2.81. The van der Waals surface area contributed by atoms with Crippen LogP contribution in [0.5, 0.6) is 5.88 Å². The van der Waals surface area contributed by atoms with Gasteiger partial charge in [-0.05, 0) is 26.0 Å². The van der Waals surface area contributed by atoms with E-state index in [9.17, 15) is 0 Å². The van der Waals surface area contributed by atoms with Crippen LogP contribution >= 0.6 is 0 Å². The highest BCUT2D eigenvalue weighted by Gasteiger charge is 2.06. The molecule has 0 radical (unpaired) electrons. The van der Waals surface area contributed by atoms with Gasteiger partial charge in [0.2, 0.25) is 5.88 Å². The number of hydrogen-bond acceptors (Lipinski definition) is 3. The molecule has 2 heterocycles. The number of rotatable bonds is 2. The third-order valence-corrected chi connectivity index (χ3v) is 2.16. The van der Waals surface area contributed by atoms with E-state index < -0.39 is 0 Å². The van der Waals surface area contributed by atoms with Crippen molar-refractivity contribution in [2.24, 2.45) is 0 Å². The van der Waals surface area contributed by atoms with Crippen LogP contribution in [0.1, 0.15) is 11.4 Å². The highest BCUT2D eigenvalue weighted by Crippen LogP contribution is 2.20. The lowest BCUT2D eigenvalue weighted by Crippen LogP contribution is -1.98. The molecule has 0 N–H and O–H groups in total. The number of imidazole rings is 1. The monoisotopic (exact) mass is 203 g/mol. The van der Waals surface area contributed by atoms with E-state index in [0.717, 1.165) is 17.1 Å². The Morgan fingerprint density at radius 3 is 2.60 bits per heavy atom. The molecule has 0 bridgehead atoms. The smallest absolute Gasteiger partial charge is 0.238 e. The second kappa shape index (κ2) is 3.73. The van der Waals surface area contributed by atoms with E-state index in [4.69, 9.17) is 4.74 Å². The summed E-state index contributed by atoms with van der Waals surface area (Å²) in [7, 11) is 1.62. The van der Waals surface area contributed by atoms with Crippen molar-refractivity contribution in [3.05, 3.63) is 36.0 Å². The maximum atomic E-state index is 5.23. The number of nitrogens with zero attached hydrogens (tertiary/aromatic N) is 3. The van der Waals surface area contributed by atoms with Gasteiger partial charge in [0.25, 0.3) is 0 Å². The molecule has 0 saturated carbocycles. The molecule has 0 aliphatic carbocycles. The molecule has 15 heavy (non-hydrogen) atoms. The Hall–Kier alpha value is -1.84. The lowest BCUT2D eigenvalue weighted by atomic mass is 10.3. The van der Waals surface area contributed by atoms with Crippen molar-refractivity contribution >= 4 is 0 Å². The van der Waals surface area contributed by atoms with E-state index >= 15 is 0 Å². The number of aromatic nitrogens is 3. The van der Waals surface area contributed by atoms with Crippen LogP contribution in [0.25, 0.3) is 5.69 Å². The van der Waals surface area contributed by atoms with Crippen LogP contribution in [0.2, 0.25) is 0 Å². The highest BCUT2D eigenvalue weighted by atomic mass is 16.5. The largest absolute Gasteiger partial charge is 0.479 e. The van der Waals surface area contributed by atoms with Gasteiger partial charge in [0.05, 0.1) is 19.1 Å². The van der Waals surface area contributed by atoms with Crippen molar-refractivity contribution < 1.29 is 4.74 Å². The number of pyridine rings is 1. The van der Waals surface area contributed by atoms with Gasteiger partial charge in [0.15, 0.2) is 0 Å². The minimum absolute atomic E-state index is 0.618. The average Bonchev–Trinajstić information content (AvgIpc) is 2.64. The third-order valence-electron chi connectivity index (χ3n) is 2.16. The zero-order valence-corrected chi connectivity index (χ0v) is 9.06. The van der Waals surface area contributed by atoms with Crippen molar-refractivity contribution in [1.29, 1.82) is 0 Å². The SMILES string of the molecule is COc1nc(C)ccc1-n1cnc(C)c1. The molecule has 2 rings (SSSR count). The first-order valence-electron chi connectivity index (χ1n) is 4.73. The zero-order chi connectivity index (χ0) is 10.8.